The molecule has 0 spiro atoms. The Morgan fingerprint density at radius 1 is 0.872 bits per heavy atom. The lowest BCUT2D eigenvalue weighted by Gasteiger charge is -2.34. The Kier molecular flexibility index (Phi) is 9.45. The zero-order chi connectivity index (χ0) is 28.8. The average Bonchev–Trinajstić information content (AvgIpc) is 2.88. The van der Waals surface area contributed by atoms with Crippen LogP contribution in [0.1, 0.15) is 39.7 Å². The number of carbonyl (C=O) groups is 2. The van der Waals surface area contributed by atoms with Crippen molar-refractivity contribution in [1.29, 1.82) is 0 Å². The molecule has 1 atom stereocenters. The van der Waals surface area contributed by atoms with Gasteiger partial charge in [-0.1, -0.05) is 37.3 Å². The molecule has 7 nitrogen and oxygen atoms in total. The third-order valence-electron chi connectivity index (χ3n) is 5.87. The molecule has 208 valence electrons. The first-order valence-corrected chi connectivity index (χ1v) is 13.9. The first-order valence-electron chi connectivity index (χ1n) is 12.5. The van der Waals surface area contributed by atoms with E-state index in [0.29, 0.717) is 5.56 Å². The van der Waals surface area contributed by atoms with Gasteiger partial charge in [-0.2, -0.15) is 0 Å². The second kappa shape index (κ2) is 12.4. The number of sulfonamides is 1. The highest BCUT2D eigenvalue weighted by Crippen LogP contribution is 2.25. The monoisotopic (exact) mass is 557 g/mol. The van der Waals surface area contributed by atoms with Crippen LogP contribution in [0.3, 0.4) is 0 Å². The maximum atomic E-state index is 13.9. The quantitative estimate of drug-likeness (QED) is 0.385. The molecule has 0 heterocycles. The third-order valence-corrected chi connectivity index (χ3v) is 7.66. The summed E-state index contributed by atoms with van der Waals surface area (Å²) in [6, 6.07) is 16.9. The van der Waals surface area contributed by atoms with Crippen molar-refractivity contribution >= 4 is 27.5 Å². The molecule has 0 unspecified atom stereocenters. The minimum Gasteiger partial charge on any atom is -0.350 e. The molecule has 0 aliphatic carbocycles. The van der Waals surface area contributed by atoms with Crippen molar-refractivity contribution in [3.63, 3.8) is 0 Å². The van der Waals surface area contributed by atoms with Gasteiger partial charge < -0.3 is 10.2 Å². The summed E-state index contributed by atoms with van der Waals surface area (Å²) in [7, 11) is -4.24. The summed E-state index contributed by atoms with van der Waals surface area (Å²) < 4.78 is 55.5. The number of nitrogens with zero attached hydrogens (tertiary/aromatic N) is 2. The molecule has 3 rings (SSSR count). The summed E-state index contributed by atoms with van der Waals surface area (Å²) >= 11 is 0. The van der Waals surface area contributed by atoms with E-state index < -0.39 is 51.6 Å². The molecule has 0 aromatic heterocycles. The number of benzene rings is 3. The zero-order valence-corrected chi connectivity index (χ0v) is 23.2. The van der Waals surface area contributed by atoms with Gasteiger partial charge in [0.2, 0.25) is 11.8 Å². The summed E-state index contributed by atoms with van der Waals surface area (Å²) in [4.78, 5) is 28.4. The van der Waals surface area contributed by atoms with Gasteiger partial charge in [0.1, 0.15) is 24.2 Å². The van der Waals surface area contributed by atoms with Crippen LogP contribution in [0.4, 0.5) is 14.5 Å². The second-order valence-corrected chi connectivity index (χ2v) is 12.0. The molecule has 0 saturated carbocycles. The fourth-order valence-corrected chi connectivity index (χ4v) is 5.45. The summed E-state index contributed by atoms with van der Waals surface area (Å²) in [5.41, 5.74) is 0.0693. The van der Waals surface area contributed by atoms with Gasteiger partial charge in [0.25, 0.3) is 10.0 Å². The molecule has 39 heavy (non-hydrogen) atoms. The van der Waals surface area contributed by atoms with Crippen LogP contribution in [0.5, 0.6) is 0 Å². The Bertz CT molecular complexity index is 1370. The van der Waals surface area contributed by atoms with Crippen LogP contribution in [0, 0.1) is 11.6 Å². The second-order valence-electron chi connectivity index (χ2n) is 10.1. The van der Waals surface area contributed by atoms with Crippen LogP contribution in [-0.2, 0) is 26.2 Å². The predicted molar refractivity (Wildman–Crippen MR) is 146 cm³/mol. The lowest BCUT2D eigenvalue weighted by atomic mass is 10.1. The molecule has 10 heteroatoms. The zero-order valence-electron chi connectivity index (χ0n) is 22.4. The molecule has 0 bridgehead atoms. The summed E-state index contributed by atoms with van der Waals surface area (Å²) in [6.07, 6.45) is 0.247. The molecule has 0 radical (unpaired) electrons. The van der Waals surface area contributed by atoms with E-state index in [-0.39, 0.29) is 23.5 Å². The van der Waals surface area contributed by atoms with Crippen LogP contribution in [-0.4, -0.2) is 43.3 Å². The molecular weight excluding hydrogens is 524 g/mol. The molecule has 3 aromatic carbocycles. The maximum Gasteiger partial charge on any atom is 0.264 e. The molecule has 0 saturated heterocycles. The van der Waals surface area contributed by atoms with Crippen LogP contribution >= 0.6 is 0 Å². The van der Waals surface area contributed by atoms with E-state index in [0.717, 1.165) is 16.4 Å². The number of nitrogens with one attached hydrogen (secondary N) is 1. The van der Waals surface area contributed by atoms with Crippen molar-refractivity contribution in [2.24, 2.45) is 0 Å². The van der Waals surface area contributed by atoms with Crippen LogP contribution in [0.25, 0.3) is 0 Å². The van der Waals surface area contributed by atoms with Gasteiger partial charge in [0.15, 0.2) is 0 Å². The lowest BCUT2D eigenvalue weighted by Crippen LogP contribution is -2.55. The van der Waals surface area contributed by atoms with Crippen molar-refractivity contribution in [3.8, 4) is 0 Å². The first-order chi connectivity index (χ1) is 18.3. The van der Waals surface area contributed by atoms with E-state index in [1.54, 1.807) is 25.1 Å². The number of rotatable bonds is 10. The van der Waals surface area contributed by atoms with E-state index >= 15 is 0 Å². The van der Waals surface area contributed by atoms with Crippen molar-refractivity contribution in [3.05, 3.63) is 96.1 Å². The number of halogens is 2. The topological polar surface area (TPSA) is 86.8 Å². The fourth-order valence-electron chi connectivity index (χ4n) is 4.01. The van der Waals surface area contributed by atoms with Crippen molar-refractivity contribution in [1.82, 2.24) is 10.2 Å². The van der Waals surface area contributed by atoms with Gasteiger partial charge in [0, 0.05) is 12.1 Å². The Morgan fingerprint density at radius 2 is 1.41 bits per heavy atom. The van der Waals surface area contributed by atoms with E-state index in [1.807, 2.05) is 20.8 Å². The Hall–Kier alpha value is -3.79. The standard InChI is InChI=1S/C29H33F2N3O4S/c1-5-26(28(36)32-29(2,3)4)33(19-21-11-13-22(30)14-12-21)27(35)20-34(24-17-15-23(31)16-18-24)39(37,38)25-9-7-6-8-10-25/h6-18,26H,5,19-20H2,1-4H3,(H,32,36)/t26-/m1/s1. The average molecular weight is 558 g/mol. The van der Waals surface area contributed by atoms with Crippen LogP contribution in [0.2, 0.25) is 0 Å². The molecule has 0 fully saturated rings. The fraction of sp³-hybridized carbons (Fsp3) is 0.310. The molecule has 1 N–H and O–H groups in total. The molecule has 2 amide bonds. The van der Waals surface area contributed by atoms with Crippen LogP contribution in [0.15, 0.2) is 83.8 Å². The normalized spacial score (nSPS) is 12.5. The van der Waals surface area contributed by atoms with Crippen molar-refractivity contribution in [2.75, 3.05) is 10.8 Å². The van der Waals surface area contributed by atoms with E-state index in [4.69, 9.17) is 0 Å². The van der Waals surface area contributed by atoms with E-state index in [2.05, 4.69) is 5.32 Å². The van der Waals surface area contributed by atoms with Gasteiger partial charge >= 0.3 is 0 Å². The first kappa shape index (κ1) is 29.8. The highest BCUT2D eigenvalue weighted by atomic mass is 32.2. The smallest absolute Gasteiger partial charge is 0.264 e. The minimum atomic E-state index is -4.24. The molecule has 0 aliphatic heterocycles. The molecule has 0 aliphatic rings. The Balaban J connectivity index is 2.05. The summed E-state index contributed by atoms with van der Waals surface area (Å²) in [5.74, 6) is -2.07. The highest BCUT2D eigenvalue weighted by Gasteiger charge is 2.34. The number of amides is 2. The predicted octanol–water partition coefficient (Wildman–Crippen LogP) is 4.88. The van der Waals surface area contributed by atoms with Gasteiger partial charge in [-0.05, 0) is 81.3 Å². The van der Waals surface area contributed by atoms with Gasteiger partial charge in [0.05, 0.1) is 10.6 Å². The maximum absolute atomic E-state index is 13.9. The summed E-state index contributed by atoms with van der Waals surface area (Å²) in [5, 5.41) is 2.88. The number of hydrogen-bond donors (Lipinski definition) is 1. The minimum absolute atomic E-state index is 0.0512. The van der Waals surface area contributed by atoms with Gasteiger partial charge in [-0.15, -0.1) is 0 Å². The van der Waals surface area contributed by atoms with Crippen molar-refractivity contribution < 1.29 is 26.8 Å². The largest absolute Gasteiger partial charge is 0.350 e. The van der Waals surface area contributed by atoms with Crippen LogP contribution < -0.4 is 9.62 Å². The number of hydrogen-bond acceptors (Lipinski definition) is 4. The van der Waals surface area contributed by atoms with Gasteiger partial charge in [-0.3, -0.25) is 13.9 Å². The number of anilines is 1. The SMILES string of the molecule is CC[C@H](C(=O)NC(C)(C)C)N(Cc1ccc(F)cc1)C(=O)CN(c1ccc(F)cc1)S(=O)(=O)c1ccccc1. The van der Waals surface area contributed by atoms with E-state index in [9.17, 15) is 26.8 Å². The molecule has 3 aromatic rings. The third kappa shape index (κ3) is 7.86. The number of carbonyl (C=O) groups excluding carboxylic acids is 2. The van der Waals surface area contributed by atoms with Gasteiger partial charge in [-0.25, -0.2) is 17.2 Å². The van der Waals surface area contributed by atoms with E-state index in [1.165, 1.54) is 53.4 Å². The summed E-state index contributed by atoms with van der Waals surface area (Å²) in [6.45, 7) is 6.48. The Labute approximate surface area is 228 Å². The Morgan fingerprint density at radius 3 is 1.92 bits per heavy atom. The highest BCUT2D eigenvalue weighted by molar-refractivity contribution is 7.92. The lowest BCUT2D eigenvalue weighted by molar-refractivity contribution is -0.141. The molecular formula is C29H33F2N3O4S. The van der Waals surface area contributed by atoms with Crippen molar-refractivity contribution in [2.45, 2.75) is 57.1 Å².